The van der Waals surface area contributed by atoms with Crippen LogP contribution in [0.3, 0.4) is 0 Å². The highest BCUT2D eigenvalue weighted by molar-refractivity contribution is 7.91. The fourth-order valence-electron chi connectivity index (χ4n) is 1.71. The largest absolute Gasteiger partial charge is 0.298 e. The van der Waals surface area contributed by atoms with Crippen LogP contribution < -0.4 is 0 Å². The molecular weight excluding hydrogens is 267 g/mol. The van der Waals surface area contributed by atoms with E-state index in [9.17, 15) is 17.6 Å². The lowest BCUT2D eigenvalue weighted by Crippen LogP contribution is -2.07. The SMILES string of the molecule is Cc1ccc(S(=O)(=O)c2cccc(F)c2C=O)cc1. The van der Waals surface area contributed by atoms with Gasteiger partial charge in [-0.2, -0.15) is 0 Å². The number of aldehydes is 1. The van der Waals surface area contributed by atoms with E-state index in [4.69, 9.17) is 0 Å². The number of carbonyl (C=O) groups excluding carboxylic acids is 1. The Labute approximate surface area is 110 Å². The third-order valence-electron chi connectivity index (χ3n) is 2.75. The normalized spacial score (nSPS) is 11.3. The smallest absolute Gasteiger partial charge is 0.207 e. The van der Waals surface area contributed by atoms with E-state index >= 15 is 0 Å². The zero-order valence-electron chi connectivity index (χ0n) is 10.1. The summed E-state index contributed by atoms with van der Waals surface area (Å²) in [6, 6.07) is 9.71. The van der Waals surface area contributed by atoms with Crippen LogP contribution in [0.5, 0.6) is 0 Å². The summed E-state index contributed by atoms with van der Waals surface area (Å²) in [5.41, 5.74) is 0.469. The highest BCUT2D eigenvalue weighted by atomic mass is 32.2. The van der Waals surface area contributed by atoms with Gasteiger partial charge in [0, 0.05) is 0 Å². The first kappa shape index (κ1) is 13.4. The average Bonchev–Trinajstić information content (AvgIpc) is 2.39. The third-order valence-corrected chi connectivity index (χ3v) is 4.58. The molecule has 2 aromatic carbocycles. The van der Waals surface area contributed by atoms with Crippen molar-refractivity contribution in [3.63, 3.8) is 0 Å². The van der Waals surface area contributed by atoms with Crippen LogP contribution in [-0.4, -0.2) is 14.7 Å². The molecule has 19 heavy (non-hydrogen) atoms. The van der Waals surface area contributed by atoms with Gasteiger partial charge in [-0.1, -0.05) is 23.8 Å². The maximum atomic E-state index is 13.5. The minimum absolute atomic E-state index is 0.0341. The van der Waals surface area contributed by atoms with Gasteiger partial charge in [-0.25, -0.2) is 12.8 Å². The second-order valence-corrected chi connectivity index (χ2v) is 6.00. The number of sulfone groups is 1. The van der Waals surface area contributed by atoms with E-state index in [-0.39, 0.29) is 16.1 Å². The second kappa shape index (κ2) is 4.93. The van der Waals surface area contributed by atoms with Crippen molar-refractivity contribution in [1.29, 1.82) is 0 Å². The molecule has 0 saturated carbocycles. The lowest BCUT2D eigenvalue weighted by Gasteiger charge is -2.07. The van der Waals surface area contributed by atoms with Crippen LogP contribution in [0.4, 0.5) is 4.39 Å². The van der Waals surface area contributed by atoms with E-state index in [2.05, 4.69) is 0 Å². The van der Waals surface area contributed by atoms with Gasteiger partial charge in [0.1, 0.15) is 5.82 Å². The summed E-state index contributed by atoms with van der Waals surface area (Å²) in [4.78, 5) is 10.6. The number of carbonyl (C=O) groups is 1. The number of halogens is 1. The summed E-state index contributed by atoms with van der Waals surface area (Å²) in [6.07, 6.45) is 0.219. The second-order valence-electron chi connectivity index (χ2n) is 4.09. The predicted molar refractivity (Wildman–Crippen MR) is 68.4 cm³/mol. The van der Waals surface area contributed by atoms with Crippen LogP contribution in [0.1, 0.15) is 15.9 Å². The van der Waals surface area contributed by atoms with E-state index < -0.39 is 21.2 Å². The Bertz CT molecular complexity index is 719. The van der Waals surface area contributed by atoms with Gasteiger partial charge in [-0.05, 0) is 31.2 Å². The van der Waals surface area contributed by atoms with Crippen molar-refractivity contribution in [2.45, 2.75) is 16.7 Å². The van der Waals surface area contributed by atoms with Crippen LogP contribution in [0.15, 0.2) is 52.3 Å². The summed E-state index contributed by atoms with van der Waals surface area (Å²) in [6.45, 7) is 1.83. The van der Waals surface area contributed by atoms with Gasteiger partial charge in [0.2, 0.25) is 9.84 Å². The first-order valence-corrected chi connectivity index (χ1v) is 7.00. The van der Waals surface area contributed by atoms with Gasteiger partial charge in [0.25, 0.3) is 0 Å². The van der Waals surface area contributed by atoms with Gasteiger partial charge >= 0.3 is 0 Å². The quantitative estimate of drug-likeness (QED) is 0.811. The molecule has 0 unspecified atom stereocenters. The molecule has 0 bridgehead atoms. The highest BCUT2D eigenvalue weighted by Gasteiger charge is 2.22. The maximum Gasteiger partial charge on any atom is 0.207 e. The Morgan fingerprint density at radius 2 is 1.68 bits per heavy atom. The van der Waals surface area contributed by atoms with Crippen molar-refractivity contribution in [3.05, 3.63) is 59.4 Å². The zero-order chi connectivity index (χ0) is 14.0. The van der Waals surface area contributed by atoms with Crippen molar-refractivity contribution >= 4 is 16.1 Å². The summed E-state index contributed by atoms with van der Waals surface area (Å²) >= 11 is 0. The fraction of sp³-hybridized carbons (Fsp3) is 0.0714. The molecule has 0 aliphatic rings. The highest BCUT2D eigenvalue weighted by Crippen LogP contribution is 2.25. The van der Waals surface area contributed by atoms with Gasteiger partial charge in [0.05, 0.1) is 15.4 Å². The molecule has 3 nitrogen and oxygen atoms in total. The van der Waals surface area contributed by atoms with E-state index in [1.54, 1.807) is 12.1 Å². The molecule has 0 fully saturated rings. The molecule has 0 N–H and O–H groups in total. The predicted octanol–water partition coefficient (Wildman–Crippen LogP) is 2.78. The summed E-state index contributed by atoms with van der Waals surface area (Å²) in [5, 5.41) is 0. The standard InChI is InChI=1S/C14H11FO3S/c1-10-5-7-11(8-6-10)19(17,18)14-4-2-3-13(15)12(14)9-16/h2-9H,1H3. The summed E-state index contributed by atoms with van der Waals surface area (Å²) in [7, 11) is -3.89. The minimum Gasteiger partial charge on any atom is -0.298 e. The summed E-state index contributed by atoms with van der Waals surface area (Å²) in [5.74, 6) is -0.844. The maximum absolute atomic E-state index is 13.5. The van der Waals surface area contributed by atoms with Gasteiger partial charge in [0.15, 0.2) is 6.29 Å². The van der Waals surface area contributed by atoms with Crippen molar-refractivity contribution in [3.8, 4) is 0 Å². The van der Waals surface area contributed by atoms with Crippen molar-refractivity contribution in [2.24, 2.45) is 0 Å². The molecule has 98 valence electrons. The Kier molecular flexibility index (Phi) is 3.48. The monoisotopic (exact) mass is 278 g/mol. The van der Waals surface area contributed by atoms with Crippen molar-refractivity contribution in [2.75, 3.05) is 0 Å². The lowest BCUT2D eigenvalue weighted by molar-refractivity contribution is 0.111. The van der Waals surface area contributed by atoms with Crippen molar-refractivity contribution in [1.82, 2.24) is 0 Å². The number of hydrogen-bond acceptors (Lipinski definition) is 3. The molecule has 0 heterocycles. The molecule has 0 atom stereocenters. The van der Waals surface area contributed by atoms with Gasteiger partial charge in [-0.15, -0.1) is 0 Å². The van der Waals surface area contributed by atoms with Crippen LogP contribution >= 0.6 is 0 Å². The number of rotatable bonds is 3. The Morgan fingerprint density at radius 1 is 1.05 bits per heavy atom. The van der Waals surface area contributed by atoms with Gasteiger partial charge < -0.3 is 0 Å². The summed E-state index contributed by atoms with van der Waals surface area (Å²) < 4.78 is 38.2. The van der Waals surface area contributed by atoms with Crippen LogP contribution in [0.2, 0.25) is 0 Å². The molecule has 2 aromatic rings. The molecule has 0 amide bonds. The molecular formula is C14H11FO3S. The van der Waals surface area contributed by atoms with E-state index in [0.717, 1.165) is 11.6 Å². The number of benzene rings is 2. The fourth-order valence-corrected chi connectivity index (χ4v) is 3.15. The molecule has 0 aromatic heterocycles. The minimum atomic E-state index is -3.89. The number of aryl methyl sites for hydroxylation is 1. The molecule has 0 spiro atoms. The Hall–Kier alpha value is -2.01. The van der Waals surface area contributed by atoms with Gasteiger partial charge in [-0.3, -0.25) is 4.79 Å². The van der Waals surface area contributed by atoms with Crippen LogP contribution in [0.25, 0.3) is 0 Å². The zero-order valence-corrected chi connectivity index (χ0v) is 10.9. The van der Waals surface area contributed by atoms with Crippen LogP contribution in [0, 0.1) is 12.7 Å². The van der Waals surface area contributed by atoms with E-state index in [1.807, 2.05) is 6.92 Å². The topological polar surface area (TPSA) is 51.2 Å². The molecule has 2 rings (SSSR count). The van der Waals surface area contributed by atoms with Crippen molar-refractivity contribution < 1.29 is 17.6 Å². The first-order valence-electron chi connectivity index (χ1n) is 5.52. The first-order chi connectivity index (χ1) is 8.96. The van der Waals surface area contributed by atoms with Crippen LogP contribution in [-0.2, 0) is 9.84 Å². The molecule has 0 radical (unpaired) electrons. The van der Waals surface area contributed by atoms with E-state index in [1.165, 1.54) is 24.3 Å². The Balaban J connectivity index is 2.67. The molecule has 0 aliphatic heterocycles. The molecule has 5 heteroatoms. The third kappa shape index (κ3) is 2.42. The van der Waals surface area contributed by atoms with E-state index in [0.29, 0.717) is 0 Å². The average molecular weight is 278 g/mol. The molecule has 0 saturated heterocycles. The molecule has 0 aliphatic carbocycles. The number of hydrogen-bond donors (Lipinski definition) is 0. The Morgan fingerprint density at radius 3 is 2.26 bits per heavy atom. The lowest BCUT2D eigenvalue weighted by atomic mass is 10.2.